The average molecular weight is 210 g/mol. The van der Waals surface area contributed by atoms with E-state index in [4.69, 9.17) is 5.73 Å². The van der Waals surface area contributed by atoms with Gasteiger partial charge in [-0.3, -0.25) is 0 Å². The van der Waals surface area contributed by atoms with Crippen LogP contribution in [-0.2, 0) is 0 Å². The van der Waals surface area contributed by atoms with Crippen molar-refractivity contribution in [3.8, 4) is 5.88 Å². The van der Waals surface area contributed by atoms with Gasteiger partial charge in [-0.1, -0.05) is 0 Å². The van der Waals surface area contributed by atoms with E-state index in [2.05, 4.69) is 9.72 Å². The zero-order valence-electron chi connectivity index (χ0n) is 6.81. The third-order valence-corrected chi connectivity index (χ3v) is 1.22. The maximum Gasteiger partial charge on any atom is 0.422 e. The van der Waals surface area contributed by atoms with E-state index in [0.29, 0.717) is 0 Å². The minimum atomic E-state index is -4.47. The Morgan fingerprint density at radius 1 is 1.43 bits per heavy atom. The highest BCUT2D eigenvalue weighted by Crippen LogP contribution is 2.21. The quantitative estimate of drug-likeness (QED) is 0.756. The Kier molecular flexibility index (Phi) is 2.78. The second kappa shape index (κ2) is 3.69. The lowest BCUT2D eigenvalue weighted by Gasteiger charge is -2.09. The normalized spacial score (nSPS) is 11.4. The third kappa shape index (κ3) is 3.08. The highest BCUT2D eigenvalue weighted by molar-refractivity contribution is 5.47. The monoisotopic (exact) mass is 210 g/mol. The number of alkyl halides is 3. The molecule has 0 radical (unpaired) electrons. The number of halogens is 4. The van der Waals surface area contributed by atoms with E-state index in [1.807, 2.05) is 0 Å². The maximum atomic E-state index is 12.4. The Bertz CT molecular complexity index is 326. The summed E-state index contributed by atoms with van der Waals surface area (Å²) < 4.78 is 51.7. The summed E-state index contributed by atoms with van der Waals surface area (Å²) in [4.78, 5) is 3.26. The van der Waals surface area contributed by atoms with Crippen molar-refractivity contribution < 1.29 is 22.3 Å². The topological polar surface area (TPSA) is 48.1 Å². The van der Waals surface area contributed by atoms with Gasteiger partial charge in [0.15, 0.2) is 6.61 Å². The van der Waals surface area contributed by atoms with Crippen LogP contribution >= 0.6 is 0 Å². The molecule has 7 heteroatoms. The number of hydrogen-bond acceptors (Lipinski definition) is 3. The van der Waals surface area contributed by atoms with E-state index in [0.717, 1.165) is 12.3 Å². The molecule has 0 saturated heterocycles. The van der Waals surface area contributed by atoms with Crippen molar-refractivity contribution in [3.05, 3.63) is 18.1 Å². The summed E-state index contributed by atoms with van der Waals surface area (Å²) in [5.74, 6) is -1.16. The van der Waals surface area contributed by atoms with Gasteiger partial charge >= 0.3 is 6.18 Å². The lowest BCUT2D eigenvalue weighted by molar-refractivity contribution is -0.153. The highest BCUT2D eigenvalue weighted by Gasteiger charge is 2.29. The molecule has 1 aromatic rings. The summed E-state index contributed by atoms with van der Waals surface area (Å²) >= 11 is 0. The fraction of sp³-hybridized carbons (Fsp3) is 0.286. The molecule has 0 aliphatic heterocycles. The Morgan fingerprint density at radius 3 is 2.57 bits per heavy atom. The molecule has 1 aromatic heterocycles. The van der Waals surface area contributed by atoms with Crippen molar-refractivity contribution in [2.75, 3.05) is 12.3 Å². The van der Waals surface area contributed by atoms with Crippen LogP contribution in [0.3, 0.4) is 0 Å². The standard InChI is InChI=1S/C7H6F4N2O/c8-4-1-5(12)6(13-2-4)14-3-7(9,10)11/h1-2H,3,12H2. The number of anilines is 1. The molecule has 0 aromatic carbocycles. The van der Waals surface area contributed by atoms with Gasteiger partial charge in [0.25, 0.3) is 0 Å². The van der Waals surface area contributed by atoms with Crippen molar-refractivity contribution in [1.29, 1.82) is 0 Å². The number of nitrogens with two attached hydrogens (primary N) is 1. The Balaban J connectivity index is 2.68. The molecule has 3 nitrogen and oxygen atoms in total. The summed E-state index contributed by atoms with van der Waals surface area (Å²) in [5, 5.41) is 0. The summed E-state index contributed by atoms with van der Waals surface area (Å²) in [6.07, 6.45) is -3.75. The largest absolute Gasteiger partial charge is 0.467 e. The maximum absolute atomic E-state index is 12.4. The molecule has 0 amide bonds. The van der Waals surface area contributed by atoms with Crippen molar-refractivity contribution in [1.82, 2.24) is 4.98 Å². The SMILES string of the molecule is Nc1cc(F)cnc1OCC(F)(F)F. The summed E-state index contributed by atoms with van der Waals surface area (Å²) in [6, 6.07) is 0.832. The molecule has 0 atom stereocenters. The molecule has 1 heterocycles. The molecule has 0 aliphatic rings. The third-order valence-electron chi connectivity index (χ3n) is 1.22. The fourth-order valence-corrected chi connectivity index (χ4v) is 0.713. The van der Waals surface area contributed by atoms with Crippen molar-refractivity contribution in [2.45, 2.75) is 6.18 Å². The molecule has 2 N–H and O–H groups in total. The lowest BCUT2D eigenvalue weighted by atomic mass is 10.4. The number of hydrogen-bond donors (Lipinski definition) is 1. The van der Waals surface area contributed by atoms with E-state index in [9.17, 15) is 17.6 Å². The Morgan fingerprint density at radius 2 is 2.07 bits per heavy atom. The van der Waals surface area contributed by atoms with Crippen LogP contribution in [0.1, 0.15) is 0 Å². The highest BCUT2D eigenvalue weighted by atomic mass is 19.4. The van der Waals surface area contributed by atoms with Gasteiger partial charge in [-0.05, 0) is 0 Å². The van der Waals surface area contributed by atoms with Crippen LogP contribution in [0.15, 0.2) is 12.3 Å². The van der Waals surface area contributed by atoms with Gasteiger partial charge in [0.05, 0.1) is 11.9 Å². The van der Waals surface area contributed by atoms with Crippen LogP contribution in [0.5, 0.6) is 5.88 Å². The van der Waals surface area contributed by atoms with Gasteiger partial charge in [0.2, 0.25) is 5.88 Å². The molecular formula is C7H6F4N2O. The average Bonchev–Trinajstić information content (AvgIpc) is 2.00. The molecule has 78 valence electrons. The minimum Gasteiger partial charge on any atom is -0.467 e. The molecule has 0 spiro atoms. The van der Waals surface area contributed by atoms with Crippen molar-refractivity contribution in [3.63, 3.8) is 0 Å². The van der Waals surface area contributed by atoms with Crippen molar-refractivity contribution >= 4 is 5.69 Å². The smallest absolute Gasteiger partial charge is 0.422 e. The second-order valence-corrected chi connectivity index (χ2v) is 2.45. The second-order valence-electron chi connectivity index (χ2n) is 2.45. The molecule has 0 aliphatic carbocycles. The van der Waals surface area contributed by atoms with E-state index < -0.39 is 24.5 Å². The van der Waals surface area contributed by atoms with Crippen LogP contribution in [0, 0.1) is 5.82 Å². The zero-order chi connectivity index (χ0) is 10.8. The van der Waals surface area contributed by atoms with Gasteiger partial charge in [-0.2, -0.15) is 13.2 Å². The number of rotatable bonds is 2. The number of aromatic nitrogens is 1. The minimum absolute atomic E-state index is 0.269. The van der Waals surface area contributed by atoms with Gasteiger partial charge in [-0.15, -0.1) is 0 Å². The molecule has 1 rings (SSSR count). The zero-order valence-corrected chi connectivity index (χ0v) is 6.81. The van der Waals surface area contributed by atoms with E-state index >= 15 is 0 Å². The first-order chi connectivity index (χ1) is 6.38. The predicted octanol–water partition coefficient (Wildman–Crippen LogP) is 1.74. The fourth-order valence-electron chi connectivity index (χ4n) is 0.713. The summed E-state index contributed by atoms with van der Waals surface area (Å²) in [7, 11) is 0. The first-order valence-electron chi connectivity index (χ1n) is 3.49. The van der Waals surface area contributed by atoms with E-state index in [-0.39, 0.29) is 5.69 Å². The summed E-state index contributed by atoms with van der Waals surface area (Å²) in [5.41, 5.74) is 4.89. The van der Waals surface area contributed by atoms with Gasteiger partial charge in [0, 0.05) is 6.07 Å². The Labute approximate surface area is 76.5 Å². The number of pyridine rings is 1. The molecule has 14 heavy (non-hydrogen) atoms. The first kappa shape index (κ1) is 10.6. The Hall–Kier alpha value is -1.53. The van der Waals surface area contributed by atoms with Gasteiger partial charge in [0.1, 0.15) is 5.82 Å². The first-order valence-corrected chi connectivity index (χ1v) is 3.49. The summed E-state index contributed by atoms with van der Waals surface area (Å²) in [6.45, 7) is -1.50. The number of nitrogen functional groups attached to an aromatic ring is 1. The number of ether oxygens (including phenoxy) is 1. The molecule has 0 unspecified atom stereocenters. The van der Waals surface area contributed by atoms with Gasteiger partial charge in [-0.25, -0.2) is 9.37 Å². The van der Waals surface area contributed by atoms with Crippen molar-refractivity contribution in [2.24, 2.45) is 0 Å². The van der Waals surface area contributed by atoms with Crippen LogP contribution in [0.2, 0.25) is 0 Å². The van der Waals surface area contributed by atoms with E-state index in [1.165, 1.54) is 0 Å². The number of nitrogens with zero attached hydrogens (tertiary/aromatic N) is 1. The van der Waals surface area contributed by atoms with E-state index in [1.54, 1.807) is 0 Å². The van der Waals surface area contributed by atoms with Crippen LogP contribution in [-0.4, -0.2) is 17.8 Å². The molecular weight excluding hydrogens is 204 g/mol. The van der Waals surface area contributed by atoms with Crippen LogP contribution in [0.25, 0.3) is 0 Å². The van der Waals surface area contributed by atoms with Crippen LogP contribution in [0.4, 0.5) is 23.2 Å². The molecule has 0 fully saturated rings. The molecule has 0 bridgehead atoms. The molecule has 0 saturated carbocycles. The van der Waals surface area contributed by atoms with Gasteiger partial charge < -0.3 is 10.5 Å². The van der Waals surface area contributed by atoms with Crippen LogP contribution < -0.4 is 10.5 Å². The lowest BCUT2D eigenvalue weighted by Crippen LogP contribution is -2.20. The predicted molar refractivity (Wildman–Crippen MR) is 40.2 cm³/mol.